The van der Waals surface area contributed by atoms with Crippen LogP contribution in [-0.4, -0.2) is 54.8 Å². The van der Waals surface area contributed by atoms with Crippen LogP contribution in [0.4, 0.5) is 11.4 Å². The Morgan fingerprint density at radius 2 is 1.66 bits per heavy atom. The van der Waals surface area contributed by atoms with Crippen molar-refractivity contribution in [2.45, 2.75) is 12.8 Å². The fourth-order valence-corrected chi connectivity index (χ4v) is 5.44. The van der Waals surface area contributed by atoms with Crippen molar-refractivity contribution in [3.05, 3.63) is 86.6 Å². The molecule has 0 unspecified atom stereocenters. The van der Waals surface area contributed by atoms with Crippen LogP contribution >= 0.6 is 0 Å². The highest BCUT2D eigenvalue weighted by Crippen LogP contribution is 2.44. The fraction of sp³-hybridized carbons (Fsp3) is 0.167. The van der Waals surface area contributed by atoms with Gasteiger partial charge in [-0.05, 0) is 48.7 Å². The van der Waals surface area contributed by atoms with Gasteiger partial charge < -0.3 is 35.2 Å². The van der Waals surface area contributed by atoms with Crippen molar-refractivity contribution in [3.63, 3.8) is 0 Å². The van der Waals surface area contributed by atoms with Crippen LogP contribution in [0.15, 0.2) is 69.9 Å². The molecule has 0 spiro atoms. The summed E-state index contributed by atoms with van der Waals surface area (Å²) in [5, 5.41) is 41.9. The van der Waals surface area contributed by atoms with Gasteiger partial charge in [-0.2, -0.15) is 0 Å². The number of aromatic hydroxyl groups is 3. The van der Waals surface area contributed by atoms with E-state index in [9.17, 15) is 39.8 Å². The number of phenolic OH excluding ortho intramolecular Hbond substituents is 1. The van der Waals surface area contributed by atoms with Gasteiger partial charge in [0.2, 0.25) is 11.8 Å². The average Bonchev–Trinajstić information content (AvgIpc) is 3.31. The summed E-state index contributed by atoms with van der Waals surface area (Å²) in [7, 11) is 0. The maximum atomic E-state index is 14.0. The number of phenols is 1. The number of amides is 1. The molecule has 14 heteroatoms. The maximum Gasteiger partial charge on any atom is 0.336 e. The Balaban J connectivity index is 1.40. The minimum Gasteiger partial charge on any atom is -0.508 e. The summed E-state index contributed by atoms with van der Waals surface area (Å²) in [6.45, 7) is 0.192. The van der Waals surface area contributed by atoms with Crippen LogP contribution in [0.1, 0.15) is 23.2 Å². The lowest BCUT2D eigenvalue weighted by Gasteiger charge is -2.31. The fourth-order valence-electron chi connectivity index (χ4n) is 5.44. The highest BCUT2D eigenvalue weighted by Gasteiger charge is 2.33. The molecule has 0 radical (unpaired) electrons. The number of nitrogen functional groups attached to an aromatic ring is 1. The lowest BCUT2D eigenvalue weighted by atomic mass is 9.89. The van der Waals surface area contributed by atoms with Crippen molar-refractivity contribution in [1.29, 1.82) is 0 Å². The Morgan fingerprint density at radius 1 is 0.955 bits per heavy atom. The summed E-state index contributed by atoms with van der Waals surface area (Å²) in [5.74, 6) is -2.79. The third-order valence-corrected chi connectivity index (χ3v) is 7.63. The zero-order valence-electron chi connectivity index (χ0n) is 22.8. The van der Waals surface area contributed by atoms with Crippen molar-refractivity contribution in [3.8, 4) is 40.0 Å². The van der Waals surface area contributed by atoms with Crippen molar-refractivity contribution in [2.75, 3.05) is 18.8 Å². The highest BCUT2D eigenvalue weighted by atomic mass is 16.7. The topological polar surface area (TPSA) is 212 Å². The van der Waals surface area contributed by atoms with Gasteiger partial charge in [0.05, 0.1) is 16.4 Å². The van der Waals surface area contributed by atoms with Crippen molar-refractivity contribution in [1.82, 2.24) is 9.63 Å². The summed E-state index contributed by atoms with van der Waals surface area (Å²) in [6.07, 6.45) is 0.364. The summed E-state index contributed by atoms with van der Waals surface area (Å²) in [4.78, 5) is 56.6. The zero-order valence-corrected chi connectivity index (χ0v) is 22.8. The number of piperidine rings is 1. The molecule has 0 bridgehead atoms. The van der Waals surface area contributed by atoms with Crippen LogP contribution in [0.2, 0.25) is 0 Å². The number of benzene rings is 3. The van der Waals surface area contributed by atoms with Crippen LogP contribution in [0.5, 0.6) is 17.5 Å². The molecule has 0 atom stereocenters. The highest BCUT2D eigenvalue weighted by molar-refractivity contribution is 6.10. The number of nitrogens with two attached hydrogens (primary N) is 1. The number of likely N-dealkylation sites (tertiary alicyclic amines) is 1. The molecule has 224 valence electrons. The van der Waals surface area contributed by atoms with Gasteiger partial charge in [-0.15, -0.1) is 4.73 Å². The molecule has 1 amide bonds. The number of nitro benzene ring substituents is 1. The number of fused-ring (bicyclic) bond motifs is 2. The van der Waals surface area contributed by atoms with Gasteiger partial charge in [0.15, 0.2) is 5.43 Å². The van der Waals surface area contributed by atoms with E-state index in [1.54, 1.807) is 6.07 Å². The molecule has 6 rings (SSSR count). The largest absolute Gasteiger partial charge is 0.508 e. The molecule has 14 nitrogen and oxygen atoms in total. The SMILES string of the molecule is Nc1cc(-c2c3ccc(=O)cc-3oc3cc(O)ccc23)c(C(=O)N2CCC(C(=O)On3c(O)ccc3O)CC2)cc1[N+](=O)[O-]. The summed E-state index contributed by atoms with van der Waals surface area (Å²) in [6, 6.07) is 13.2. The second-order valence-corrected chi connectivity index (χ2v) is 10.4. The Bertz CT molecular complexity index is 1990. The molecule has 3 aromatic rings. The maximum absolute atomic E-state index is 14.0. The van der Waals surface area contributed by atoms with Crippen molar-refractivity contribution < 1.29 is 39.1 Å². The van der Waals surface area contributed by atoms with E-state index in [1.807, 2.05) is 0 Å². The number of nitrogens with zero attached hydrogens (tertiary/aromatic N) is 3. The van der Waals surface area contributed by atoms with Crippen LogP contribution < -0.4 is 16.0 Å². The lowest BCUT2D eigenvalue weighted by molar-refractivity contribution is -0.383. The van der Waals surface area contributed by atoms with E-state index in [0.29, 0.717) is 21.2 Å². The number of aromatic nitrogens is 1. The molecule has 1 aliphatic carbocycles. The normalized spacial score (nSPS) is 13.8. The van der Waals surface area contributed by atoms with E-state index >= 15 is 0 Å². The van der Waals surface area contributed by atoms with Gasteiger partial charge in [-0.3, -0.25) is 19.7 Å². The number of carbonyl (C=O) groups excluding carboxylic acids is 2. The van der Waals surface area contributed by atoms with E-state index in [2.05, 4.69) is 0 Å². The monoisotopic (exact) mass is 600 g/mol. The molecule has 2 aromatic carbocycles. The average molecular weight is 601 g/mol. The predicted molar refractivity (Wildman–Crippen MR) is 155 cm³/mol. The quantitative estimate of drug-likeness (QED) is 0.0992. The number of hydrogen-bond acceptors (Lipinski definition) is 11. The van der Waals surface area contributed by atoms with Gasteiger partial charge in [-0.1, -0.05) is 0 Å². The molecular formula is C30H24N4O10. The van der Waals surface area contributed by atoms with Gasteiger partial charge >= 0.3 is 5.97 Å². The van der Waals surface area contributed by atoms with Crippen LogP contribution in [0, 0.1) is 16.0 Å². The smallest absolute Gasteiger partial charge is 0.336 e. The molecule has 1 fully saturated rings. The van der Waals surface area contributed by atoms with Gasteiger partial charge in [-0.25, -0.2) is 4.79 Å². The van der Waals surface area contributed by atoms with Crippen LogP contribution in [-0.2, 0) is 4.79 Å². The van der Waals surface area contributed by atoms with Crippen LogP contribution in [0.3, 0.4) is 0 Å². The van der Waals surface area contributed by atoms with E-state index in [-0.39, 0.29) is 65.3 Å². The minimum absolute atomic E-state index is 0.0396. The van der Waals surface area contributed by atoms with E-state index in [1.165, 1.54) is 41.3 Å². The Labute approximate surface area is 247 Å². The number of rotatable bonds is 5. The number of hydrogen-bond donors (Lipinski definition) is 4. The summed E-state index contributed by atoms with van der Waals surface area (Å²) < 4.78 is 6.49. The standard InChI is InChI=1S/C30H24N4O10/c31-22-13-20(28-18-3-1-16(35)11-24(18)43-25-12-17(36)2-4-19(25)28)21(14-23(22)34(41)42)29(39)32-9-7-15(8-10-32)30(40)44-33-26(37)5-6-27(33)38/h1-6,11-15,35,37-38H,7-10,31H2. The number of anilines is 1. The van der Waals surface area contributed by atoms with E-state index in [4.69, 9.17) is 15.0 Å². The number of nitro groups is 1. The molecule has 1 aromatic heterocycles. The minimum atomic E-state index is -0.713. The Hall–Kier alpha value is -6.05. The second-order valence-electron chi connectivity index (χ2n) is 10.4. The molecule has 44 heavy (non-hydrogen) atoms. The first kappa shape index (κ1) is 28.1. The summed E-state index contributed by atoms with van der Waals surface area (Å²) in [5.41, 5.74) is 6.35. The van der Waals surface area contributed by atoms with Gasteiger partial charge in [0.25, 0.3) is 11.6 Å². The Morgan fingerprint density at radius 3 is 2.34 bits per heavy atom. The van der Waals surface area contributed by atoms with Crippen molar-refractivity contribution >= 4 is 34.2 Å². The first-order chi connectivity index (χ1) is 21.0. The molecule has 3 aliphatic rings. The lowest BCUT2D eigenvalue weighted by Crippen LogP contribution is -2.42. The van der Waals surface area contributed by atoms with E-state index < -0.39 is 40.2 Å². The number of carbonyl (C=O) groups is 2. The molecule has 0 saturated carbocycles. The molecule has 1 saturated heterocycles. The third-order valence-electron chi connectivity index (χ3n) is 7.63. The van der Waals surface area contributed by atoms with Crippen molar-refractivity contribution in [2.24, 2.45) is 5.92 Å². The first-order valence-corrected chi connectivity index (χ1v) is 13.4. The third kappa shape index (κ3) is 4.87. The molecule has 5 N–H and O–H groups in total. The van der Waals surface area contributed by atoms with Gasteiger partial charge in [0, 0.05) is 59.9 Å². The molecule has 3 heterocycles. The molecular weight excluding hydrogens is 576 g/mol. The van der Waals surface area contributed by atoms with Gasteiger partial charge in [0.1, 0.15) is 22.8 Å². The molecule has 2 aliphatic heterocycles. The Kier molecular flexibility index (Phi) is 6.80. The van der Waals surface area contributed by atoms with E-state index in [0.717, 1.165) is 18.2 Å². The second kappa shape index (κ2) is 10.7. The van der Waals surface area contributed by atoms with Crippen LogP contribution in [0.25, 0.3) is 33.4 Å². The zero-order chi connectivity index (χ0) is 31.3. The summed E-state index contributed by atoms with van der Waals surface area (Å²) >= 11 is 0. The predicted octanol–water partition coefficient (Wildman–Crippen LogP) is 3.48. The first-order valence-electron chi connectivity index (χ1n) is 13.4.